The third-order valence-electron chi connectivity index (χ3n) is 1.58. The number of rotatable bonds is 0. The van der Waals surface area contributed by atoms with Crippen molar-refractivity contribution in [2.45, 2.75) is 35.4 Å². The third kappa shape index (κ3) is 1.86. The molecule has 0 amide bonds. The van der Waals surface area contributed by atoms with Crippen LogP contribution in [-0.2, 0) is 0 Å². The molecular formula is C6H13As. The zero-order chi connectivity index (χ0) is 5.11. The van der Waals surface area contributed by atoms with Crippen molar-refractivity contribution in [3.8, 4) is 0 Å². The van der Waals surface area contributed by atoms with E-state index in [4.69, 9.17) is 0 Å². The van der Waals surface area contributed by atoms with Gasteiger partial charge in [-0.05, 0) is 0 Å². The minimum atomic E-state index is -0.151. The molecule has 0 aromatic heterocycles. The van der Waals surface area contributed by atoms with Gasteiger partial charge >= 0.3 is 50.0 Å². The molecule has 0 bridgehead atoms. The molecule has 7 heavy (non-hydrogen) atoms. The van der Waals surface area contributed by atoms with E-state index in [1.54, 1.807) is 23.3 Å². The van der Waals surface area contributed by atoms with Crippen molar-refractivity contribution >= 4 is 14.7 Å². The maximum absolute atomic E-state index is 2.51. The fourth-order valence-electron chi connectivity index (χ4n) is 1.05. The second-order valence-electron chi connectivity index (χ2n) is 2.36. The molecule has 0 aromatic rings. The summed E-state index contributed by atoms with van der Waals surface area (Å²) in [5, 5.41) is 3.26. The fraction of sp³-hybridized carbons (Fsp3) is 1.00. The van der Waals surface area contributed by atoms with Gasteiger partial charge in [-0.15, -0.1) is 0 Å². The van der Waals surface area contributed by atoms with Crippen molar-refractivity contribution < 1.29 is 0 Å². The van der Waals surface area contributed by atoms with Crippen molar-refractivity contribution in [2.24, 2.45) is 0 Å². The van der Waals surface area contributed by atoms with E-state index in [9.17, 15) is 0 Å². The average molecular weight is 160 g/mol. The van der Waals surface area contributed by atoms with Gasteiger partial charge in [-0.25, -0.2) is 0 Å². The summed E-state index contributed by atoms with van der Waals surface area (Å²) in [5.74, 6) is 0. The number of hydrogen-bond acceptors (Lipinski definition) is 0. The van der Waals surface area contributed by atoms with Gasteiger partial charge in [0.05, 0.1) is 0 Å². The Bertz CT molecular complexity index is 46.1. The molecule has 1 heteroatoms. The van der Waals surface area contributed by atoms with Crippen LogP contribution in [0.1, 0.15) is 19.3 Å². The summed E-state index contributed by atoms with van der Waals surface area (Å²) in [5.41, 5.74) is 2.51. The first-order chi connectivity index (χ1) is 3.39. The second-order valence-corrected chi connectivity index (χ2v) is 7.83. The Morgan fingerprint density at radius 1 is 1.00 bits per heavy atom. The summed E-state index contributed by atoms with van der Waals surface area (Å²) in [6.45, 7) is 0. The van der Waals surface area contributed by atoms with Crippen LogP contribution in [0, 0.1) is 0 Å². The molecule has 0 N–H and O–H groups in total. The molecule has 1 heterocycles. The van der Waals surface area contributed by atoms with Crippen LogP contribution in [0.4, 0.5) is 0 Å². The summed E-state index contributed by atoms with van der Waals surface area (Å²) in [7, 11) is 0. The van der Waals surface area contributed by atoms with Crippen LogP contribution in [0.2, 0.25) is 16.1 Å². The molecule has 1 saturated heterocycles. The van der Waals surface area contributed by atoms with Crippen LogP contribution in [0.15, 0.2) is 0 Å². The summed E-state index contributed by atoms with van der Waals surface area (Å²) in [6.07, 6.45) is 4.63. The van der Waals surface area contributed by atoms with Crippen molar-refractivity contribution in [3.05, 3.63) is 0 Å². The Morgan fingerprint density at radius 2 is 1.57 bits per heavy atom. The zero-order valence-electron chi connectivity index (χ0n) is 4.98. The molecule has 0 nitrogen and oxygen atoms in total. The molecule has 1 rings (SSSR count). The fourth-order valence-corrected chi connectivity index (χ4v) is 4.72. The molecule has 0 saturated carbocycles. The minimum absolute atomic E-state index is 0.151. The molecule has 0 spiro atoms. The molecule has 1 aliphatic heterocycles. The average Bonchev–Trinajstić information content (AvgIpc) is 1.69. The maximum atomic E-state index is 2.51. The predicted octanol–water partition coefficient (Wildman–Crippen LogP) is 2.29. The Hall–Kier alpha value is 0.558. The first-order valence-electron chi connectivity index (χ1n) is 3.08. The van der Waals surface area contributed by atoms with E-state index in [0.717, 1.165) is 0 Å². The third-order valence-corrected chi connectivity index (χ3v) is 6.11. The Labute approximate surface area is 50.6 Å². The Kier molecular flexibility index (Phi) is 2.25. The van der Waals surface area contributed by atoms with Gasteiger partial charge in [0.2, 0.25) is 0 Å². The first kappa shape index (κ1) is 5.69. The van der Waals surface area contributed by atoms with Crippen molar-refractivity contribution in [1.29, 1.82) is 0 Å². The van der Waals surface area contributed by atoms with E-state index < -0.39 is 0 Å². The first-order valence-corrected chi connectivity index (χ1v) is 7.61. The van der Waals surface area contributed by atoms with Crippen LogP contribution in [-0.4, -0.2) is 14.7 Å². The van der Waals surface area contributed by atoms with Gasteiger partial charge in [-0.1, -0.05) is 0 Å². The van der Waals surface area contributed by atoms with Crippen molar-refractivity contribution in [3.63, 3.8) is 0 Å². The molecule has 0 unspecified atom stereocenters. The van der Waals surface area contributed by atoms with Crippen molar-refractivity contribution in [2.75, 3.05) is 0 Å². The molecule has 0 aromatic carbocycles. The number of hydrogen-bond donors (Lipinski definition) is 0. The molecule has 0 radical (unpaired) electrons. The van der Waals surface area contributed by atoms with E-state index >= 15 is 0 Å². The van der Waals surface area contributed by atoms with Crippen LogP contribution >= 0.6 is 0 Å². The molecule has 1 aliphatic rings. The normalized spacial score (nSPS) is 25.3. The van der Waals surface area contributed by atoms with Gasteiger partial charge < -0.3 is 0 Å². The quantitative estimate of drug-likeness (QED) is 0.477. The summed E-state index contributed by atoms with van der Waals surface area (Å²) in [6, 6.07) is 0. The van der Waals surface area contributed by atoms with Gasteiger partial charge in [0.1, 0.15) is 0 Å². The molecular weight excluding hydrogens is 147 g/mol. The second kappa shape index (κ2) is 2.77. The van der Waals surface area contributed by atoms with Gasteiger partial charge in [-0.3, -0.25) is 0 Å². The van der Waals surface area contributed by atoms with E-state index in [0.29, 0.717) is 0 Å². The topological polar surface area (TPSA) is 0 Å². The van der Waals surface area contributed by atoms with E-state index in [-0.39, 0.29) is 14.7 Å². The van der Waals surface area contributed by atoms with Crippen molar-refractivity contribution in [1.82, 2.24) is 0 Å². The van der Waals surface area contributed by atoms with E-state index in [1.807, 2.05) is 0 Å². The Morgan fingerprint density at radius 3 is 1.86 bits per heavy atom. The predicted molar refractivity (Wildman–Crippen MR) is 35.1 cm³/mol. The van der Waals surface area contributed by atoms with Gasteiger partial charge in [0, 0.05) is 0 Å². The van der Waals surface area contributed by atoms with E-state index in [2.05, 4.69) is 5.71 Å². The summed E-state index contributed by atoms with van der Waals surface area (Å²) in [4.78, 5) is 0. The standard InChI is InChI=1S/C6H13As/c1-7-5-3-2-4-6-7/h2-6H2,1H3. The van der Waals surface area contributed by atoms with Crippen LogP contribution in [0.25, 0.3) is 0 Å². The summed E-state index contributed by atoms with van der Waals surface area (Å²) < 4.78 is 0. The Balaban J connectivity index is 2.12. The molecule has 1 fully saturated rings. The SMILES string of the molecule is C[As]1CCCCC1. The monoisotopic (exact) mass is 160 g/mol. The van der Waals surface area contributed by atoms with Crippen LogP contribution in [0.5, 0.6) is 0 Å². The van der Waals surface area contributed by atoms with Gasteiger partial charge in [0.25, 0.3) is 0 Å². The zero-order valence-corrected chi connectivity index (χ0v) is 6.86. The van der Waals surface area contributed by atoms with Crippen LogP contribution in [0.3, 0.4) is 0 Å². The van der Waals surface area contributed by atoms with E-state index in [1.165, 1.54) is 6.42 Å². The van der Waals surface area contributed by atoms with Gasteiger partial charge in [0.15, 0.2) is 0 Å². The summed E-state index contributed by atoms with van der Waals surface area (Å²) >= 11 is -0.151. The van der Waals surface area contributed by atoms with Crippen LogP contribution < -0.4 is 0 Å². The molecule has 0 aliphatic carbocycles. The van der Waals surface area contributed by atoms with Gasteiger partial charge in [-0.2, -0.15) is 0 Å². The molecule has 0 atom stereocenters. The molecule has 42 valence electrons.